The van der Waals surface area contributed by atoms with Crippen LogP contribution in [0.4, 0.5) is 14.5 Å². The lowest BCUT2D eigenvalue weighted by Gasteiger charge is -2.25. The van der Waals surface area contributed by atoms with E-state index in [4.69, 9.17) is 27.9 Å². The maximum absolute atomic E-state index is 14.9. The van der Waals surface area contributed by atoms with Crippen LogP contribution >= 0.6 is 23.2 Å². The Balaban J connectivity index is 2.03. The first kappa shape index (κ1) is 24.4. The Kier molecular flexibility index (Phi) is 7.06. The second-order valence-electron chi connectivity index (χ2n) is 7.94. The quantitative estimate of drug-likeness (QED) is 0.339. The molecule has 2 aliphatic rings. The van der Waals surface area contributed by atoms with Crippen LogP contribution in [0, 0.1) is 11.6 Å². The zero-order valence-corrected chi connectivity index (χ0v) is 20.4. The molecule has 8 heteroatoms. The number of carbonyl (C=O) groups is 1. The molecule has 2 aliphatic heterocycles. The van der Waals surface area contributed by atoms with E-state index in [9.17, 15) is 13.6 Å². The Hall–Kier alpha value is -2.76. The number of rotatable bonds is 5. The summed E-state index contributed by atoms with van der Waals surface area (Å²) < 4.78 is 35.2. The molecule has 0 radical (unpaired) electrons. The van der Waals surface area contributed by atoms with Gasteiger partial charge in [0.05, 0.1) is 45.4 Å². The normalized spacial score (nSPS) is 17.7. The molecular formula is C26H22Cl2F2N2O2. The van der Waals surface area contributed by atoms with Crippen LogP contribution in [0.15, 0.2) is 64.1 Å². The maximum Gasteiger partial charge on any atom is 0.193 e. The highest BCUT2D eigenvalue weighted by molar-refractivity contribution is 6.45. The molecule has 0 unspecified atom stereocenters. The summed E-state index contributed by atoms with van der Waals surface area (Å²) in [6, 6.07) is 6.31. The van der Waals surface area contributed by atoms with Crippen LogP contribution in [-0.4, -0.2) is 30.8 Å². The molecule has 0 spiro atoms. The van der Waals surface area contributed by atoms with Gasteiger partial charge in [-0.3, -0.25) is 9.79 Å². The minimum absolute atomic E-state index is 0.0428. The van der Waals surface area contributed by atoms with Crippen molar-refractivity contribution >= 4 is 40.4 Å². The van der Waals surface area contributed by atoms with Gasteiger partial charge in [0.25, 0.3) is 0 Å². The van der Waals surface area contributed by atoms with Crippen molar-refractivity contribution in [3.63, 3.8) is 0 Å². The van der Waals surface area contributed by atoms with Gasteiger partial charge in [0.15, 0.2) is 5.78 Å². The Labute approximate surface area is 206 Å². The Morgan fingerprint density at radius 1 is 1.15 bits per heavy atom. The van der Waals surface area contributed by atoms with Crippen molar-refractivity contribution < 1.29 is 18.3 Å². The van der Waals surface area contributed by atoms with Crippen molar-refractivity contribution in [2.24, 2.45) is 4.99 Å². The molecule has 4 nitrogen and oxygen atoms in total. The van der Waals surface area contributed by atoms with Gasteiger partial charge in [-0.15, -0.1) is 0 Å². The van der Waals surface area contributed by atoms with Crippen molar-refractivity contribution in [1.29, 1.82) is 0 Å². The van der Waals surface area contributed by atoms with Gasteiger partial charge in [0, 0.05) is 35.9 Å². The van der Waals surface area contributed by atoms with Gasteiger partial charge in [-0.25, -0.2) is 8.78 Å². The lowest BCUT2D eigenvalue weighted by Crippen LogP contribution is -2.22. The predicted octanol–water partition coefficient (Wildman–Crippen LogP) is 6.64. The number of ketones is 1. The lowest BCUT2D eigenvalue weighted by molar-refractivity contribution is -0.112. The van der Waals surface area contributed by atoms with Crippen LogP contribution in [0.2, 0.25) is 10.0 Å². The number of hydrogen-bond acceptors (Lipinski definition) is 4. The second-order valence-corrected chi connectivity index (χ2v) is 8.73. The summed E-state index contributed by atoms with van der Waals surface area (Å²) in [5, 5.41) is 0.317. The molecule has 0 N–H and O–H groups in total. The van der Waals surface area contributed by atoms with Crippen molar-refractivity contribution in [3.8, 4) is 0 Å². The molecule has 0 saturated heterocycles. The van der Waals surface area contributed by atoms with Gasteiger partial charge < -0.3 is 9.64 Å². The van der Waals surface area contributed by atoms with Crippen molar-refractivity contribution in [1.82, 2.24) is 0 Å². The zero-order valence-electron chi connectivity index (χ0n) is 18.9. The number of Topliss-reactive ketones (excluding diaryl/α,β-unsaturated/α-hetero) is 1. The maximum atomic E-state index is 14.9. The minimum Gasteiger partial charge on any atom is -0.381 e. The van der Waals surface area contributed by atoms with Crippen LogP contribution in [0.3, 0.4) is 0 Å². The Morgan fingerprint density at radius 3 is 2.53 bits per heavy atom. The first-order valence-electron chi connectivity index (χ1n) is 10.8. The van der Waals surface area contributed by atoms with Gasteiger partial charge in [0.1, 0.15) is 11.6 Å². The van der Waals surface area contributed by atoms with Gasteiger partial charge in [-0.05, 0) is 45.0 Å². The summed E-state index contributed by atoms with van der Waals surface area (Å²) in [7, 11) is 0. The number of benzene rings is 2. The number of hydrogen-bond donors (Lipinski definition) is 0. The zero-order chi connectivity index (χ0) is 24.6. The number of carbonyl (C=O) groups excluding carboxylic acids is 1. The molecule has 34 heavy (non-hydrogen) atoms. The average Bonchev–Trinajstić information content (AvgIpc) is 2.98. The Morgan fingerprint density at radius 2 is 1.85 bits per heavy atom. The van der Waals surface area contributed by atoms with Gasteiger partial charge in [-0.1, -0.05) is 35.0 Å². The van der Waals surface area contributed by atoms with Gasteiger partial charge in [-0.2, -0.15) is 0 Å². The molecule has 0 bridgehead atoms. The van der Waals surface area contributed by atoms with Gasteiger partial charge >= 0.3 is 0 Å². The van der Waals surface area contributed by atoms with Crippen molar-refractivity contribution in [3.05, 3.63) is 91.9 Å². The van der Waals surface area contributed by atoms with Crippen molar-refractivity contribution in [2.45, 2.75) is 33.2 Å². The largest absolute Gasteiger partial charge is 0.381 e. The number of fused-ring (bicyclic) bond motifs is 3. The van der Waals surface area contributed by atoms with Crippen molar-refractivity contribution in [2.75, 3.05) is 18.1 Å². The summed E-state index contributed by atoms with van der Waals surface area (Å²) in [6.45, 7) is 6.24. The topological polar surface area (TPSA) is 41.9 Å². The van der Waals surface area contributed by atoms with E-state index in [-0.39, 0.29) is 32.7 Å². The summed E-state index contributed by atoms with van der Waals surface area (Å²) in [5.74, 6) is -1.69. The minimum atomic E-state index is -0.770. The summed E-state index contributed by atoms with van der Waals surface area (Å²) >= 11 is 13.0. The SMILES string of the molecule is CCOCCC1=CN2C(=C=C(C)C1=O)[C@H](C)N=C(c1c(F)cccc1F)c1c2ccc(Cl)c1Cl. The third-order valence-electron chi connectivity index (χ3n) is 5.70. The molecule has 0 amide bonds. The fourth-order valence-electron chi connectivity index (χ4n) is 4.04. The smallest absolute Gasteiger partial charge is 0.193 e. The van der Waals surface area contributed by atoms with Gasteiger partial charge in [0.2, 0.25) is 0 Å². The Bertz CT molecular complexity index is 1290. The highest BCUT2D eigenvalue weighted by Crippen LogP contribution is 2.41. The lowest BCUT2D eigenvalue weighted by atomic mass is 9.98. The summed E-state index contributed by atoms with van der Waals surface area (Å²) in [4.78, 5) is 19.5. The fourth-order valence-corrected chi connectivity index (χ4v) is 4.45. The molecule has 176 valence electrons. The first-order chi connectivity index (χ1) is 16.2. The molecule has 0 aromatic heterocycles. The highest BCUT2D eigenvalue weighted by Gasteiger charge is 2.33. The van der Waals surface area contributed by atoms with Crippen LogP contribution in [-0.2, 0) is 9.53 Å². The predicted molar refractivity (Wildman–Crippen MR) is 131 cm³/mol. The van der Waals surface area contributed by atoms with E-state index in [2.05, 4.69) is 10.7 Å². The van der Waals surface area contributed by atoms with E-state index in [1.165, 1.54) is 18.2 Å². The molecule has 0 saturated carbocycles. The van der Waals surface area contributed by atoms with E-state index < -0.39 is 17.7 Å². The van der Waals surface area contributed by atoms with E-state index in [1.54, 1.807) is 37.1 Å². The summed E-state index contributed by atoms with van der Waals surface area (Å²) in [6.07, 6.45) is 2.09. The number of halogens is 4. The average molecular weight is 503 g/mol. The molecular weight excluding hydrogens is 481 g/mol. The fraction of sp³-hybridized carbons (Fsp3) is 0.269. The third-order valence-corrected chi connectivity index (χ3v) is 6.50. The highest BCUT2D eigenvalue weighted by atomic mass is 35.5. The molecule has 2 aromatic rings. The first-order valence-corrected chi connectivity index (χ1v) is 11.6. The van der Waals surface area contributed by atoms with Crippen LogP contribution in [0.5, 0.6) is 0 Å². The molecule has 0 fully saturated rings. The van der Waals surface area contributed by atoms with Crippen LogP contribution in [0.1, 0.15) is 38.3 Å². The number of nitrogens with zero attached hydrogens (tertiary/aromatic N) is 2. The van der Waals surface area contributed by atoms with Crippen LogP contribution in [0.25, 0.3) is 0 Å². The summed E-state index contributed by atoms with van der Waals surface area (Å²) in [5.41, 5.74) is 5.13. The molecule has 2 heterocycles. The number of anilines is 1. The number of ether oxygens (including phenoxy) is 1. The standard InChI is InChI=1S/C26H22Cl2F2N2O2/c1-4-34-11-10-16-13-32-20-9-8-17(27)24(28)23(20)25(22-18(29)6-5-7-19(22)30)31-15(3)21(32)12-14(2)26(16)33/h5-9,13,15H,4,10-11H2,1-3H3/t15-/m0/s1. The number of aliphatic imine (C=N–C) groups is 1. The molecule has 2 aromatic carbocycles. The second kappa shape index (κ2) is 9.85. The van der Waals surface area contributed by atoms with Crippen LogP contribution < -0.4 is 4.90 Å². The molecule has 0 aliphatic carbocycles. The van der Waals surface area contributed by atoms with E-state index in [0.717, 1.165) is 0 Å². The van der Waals surface area contributed by atoms with E-state index >= 15 is 0 Å². The van der Waals surface area contributed by atoms with E-state index in [0.29, 0.717) is 42.2 Å². The van der Waals surface area contributed by atoms with E-state index in [1.807, 2.05) is 6.92 Å². The molecule has 4 rings (SSSR count). The molecule has 1 atom stereocenters. The third kappa shape index (κ3) is 4.35. The monoisotopic (exact) mass is 502 g/mol.